The molecule has 0 aliphatic carbocycles. The third kappa shape index (κ3) is 4.21. The molecule has 0 amide bonds. The van der Waals surface area contributed by atoms with Crippen LogP contribution in [0.4, 0.5) is 17.6 Å². The zero-order chi connectivity index (χ0) is 13.9. The summed E-state index contributed by atoms with van der Waals surface area (Å²) < 4.78 is 52.3. The maximum atomic E-state index is 13.0. The molecule has 0 aliphatic rings. The quantitative estimate of drug-likeness (QED) is 0.814. The molecule has 0 saturated carbocycles. The van der Waals surface area contributed by atoms with Crippen LogP contribution >= 0.6 is 0 Å². The Bertz CT molecular complexity index is 447. The molecule has 0 aromatic heterocycles. The van der Waals surface area contributed by atoms with Crippen molar-refractivity contribution in [2.24, 2.45) is 5.73 Å². The van der Waals surface area contributed by atoms with Crippen LogP contribution in [0.25, 0.3) is 0 Å². The Morgan fingerprint density at radius 3 is 2.56 bits per heavy atom. The maximum absolute atomic E-state index is 13.0. The van der Waals surface area contributed by atoms with E-state index < -0.39 is 29.9 Å². The molecule has 0 heterocycles. The number of hydrogen-bond acceptors (Lipinski definition) is 3. The lowest BCUT2D eigenvalue weighted by molar-refractivity contribution is -0.275. The van der Waals surface area contributed by atoms with Gasteiger partial charge in [0.15, 0.2) is 11.6 Å². The smallest absolute Gasteiger partial charge is 0.480 e. The molecule has 4 nitrogen and oxygen atoms in total. The van der Waals surface area contributed by atoms with Crippen LogP contribution in [0.5, 0.6) is 5.75 Å². The molecule has 0 spiro atoms. The SMILES string of the molecule is NC(Cc1ccc(F)c(OC(F)(F)F)c1)C(=O)O. The Morgan fingerprint density at radius 1 is 1.44 bits per heavy atom. The van der Waals surface area contributed by atoms with Crippen molar-refractivity contribution in [2.75, 3.05) is 0 Å². The molecule has 0 saturated heterocycles. The first-order chi connectivity index (χ1) is 8.19. The Labute approximate surface area is 99.0 Å². The number of halogens is 4. The van der Waals surface area contributed by atoms with Crippen molar-refractivity contribution < 1.29 is 32.2 Å². The van der Waals surface area contributed by atoms with E-state index in [9.17, 15) is 22.4 Å². The van der Waals surface area contributed by atoms with Crippen molar-refractivity contribution >= 4 is 5.97 Å². The molecule has 3 N–H and O–H groups in total. The Kier molecular flexibility index (Phi) is 4.12. The van der Waals surface area contributed by atoms with E-state index in [1.54, 1.807) is 0 Å². The molecule has 18 heavy (non-hydrogen) atoms. The first kappa shape index (κ1) is 14.2. The average Bonchev–Trinajstić information content (AvgIpc) is 2.20. The van der Waals surface area contributed by atoms with Gasteiger partial charge >= 0.3 is 12.3 Å². The zero-order valence-corrected chi connectivity index (χ0v) is 8.87. The van der Waals surface area contributed by atoms with Gasteiger partial charge in [0.2, 0.25) is 0 Å². The first-order valence-electron chi connectivity index (χ1n) is 4.71. The minimum Gasteiger partial charge on any atom is -0.480 e. The van der Waals surface area contributed by atoms with Crippen LogP contribution in [0.1, 0.15) is 5.56 Å². The van der Waals surface area contributed by atoms with Crippen molar-refractivity contribution in [3.8, 4) is 5.75 Å². The fraction of sp³-hybridized carbons (Fsp3) is 0.300. The van der Waals surface area contributed by atoms with Gasteiger partial charge in [0.1, 0.15) is 6.04 Å². The van der Waals surface area contributed by atoms with Crippen LogP contribution in [0.15, 0.2) is 18.2 Å². The van der Waals surface area contributed by atoms with Gasteiger partial charge in [0, 0.05) is 0 Å². The molecule has 100 valence electrons. The number of rotatable bonds is 4. The lowest BCUT2D eigenvalue weighted by atomic mass is 10.1. The van der Waals surface area contributed by atoms with Gasteiger partial charge in [-0.1, -0.05) is 6.07 Å². The molecular formula is C10H9F4NO3. The number of carboxylic acid groups (broad SMARTS) is 1. The van der Waals surface area contributed by atoms with E-state index in [4.69, 9.17) is 10.8 Å². The van der Waals surface area contributed by atoms with Crippen molar-refractivity contribution in [2.45, 2.75) is 18.8 Å². The van der Waals surface area contributed by atoms with Crippen LogP contribution in [-0.2, 0) is 11.2 Å². The fourth-order valence-corrected chi connectivity index (χ4v) is 1.22. The van der Waals surface area contributed by atoms with Gasteiger partial charge in [0.25, 0.3) is 0 Å². The summed E-state index contributed by atoms with van der Waals surface area (Å²) in [5.74, 6) is -3.52. The van der Waals surface area contributed by atoms with E-state index in [2.05, 4.69) is 4.74 Å². The summed E-state index contributed by atoms with van der Waals surface area (Å²) in [7, 11) is 0. The van der Waals surface area contributed by atoms with Gasteiger partial charge in [-0.2, -0.15) is 0 Å². The largest absolute Gasteiger partial charge is 0.573 e. The highest BCUT2D eigenvalue weighted by molar-refractivity contribution is 5.73. The van der Waals surface area contributed by atoms with Gasteiger partial charge in [-0.05, 0) is 24.1 Å². The van der Waals surface area contributed by atoms with Crippen molar-refractivity contribution in [1.82, 2.24) is 0 Å². The summed E-state index contributed by atoms with van der Waals surface area (Å²) in [6.07, 6.45) is -5.25. The predicted molar refractivity (Wildman–Crippen MR) is 52.4 cm³/mol. The highest BCUT2D eigenvalue weighted by Gasteiger charge is 2.32. The van der Waals surface area contributed by atoms with Crippen molar-refractivity contribution in [3.63, 3.8) is 0 Å². The van der Waals surface area contributed by atoms with E-state index in [1.165, 1.54) is 0 Å². The number of carbonyl (C=O) groups is 1. The third-order valence-corrected chi connectivity index (χ3v) is 1.99. The second-order valence-electron chi connectivity index (χ2n) is 3.46. The molecule has 0 fully saturated rings. The lowest BCUT2D eigenvalue weighted by Crippen LogP contribution is -2.32. The average molecular weight is 267 g/mol. The summed E-state index contributed by atoms with van der Waals surface area (Å²) in [6, 6.07) is 1.38. The summed E-state index contributed by atoms with van der Waals surface area (Å²) in [5, 5.41) is 8.54. The minimum absolute atomic E-state index is 0.130. The molecule has 1 atom stereocenters. The number of nitrogens with two attached hydrogens (primary N) is 1. The Morgan fingerprint density at radius 2 is 2.06 bits per heavy atom. The molecule has 0 aliphatic heterocycles. The van der Waals surface area contributed by atoms with Gasteiger partial charge in [0.05, 0.1) is 0 Å². The summed E-state index contributed by atoms with van der Waals surface area (Å²) >= 11 is 0. The molecular weight excluding hydrogens is 258 g/mol. The monoisotopic (exact) mass is 267 g/mol. The van der Waals surface area contributed by atoms with Crippen molar-refractivity contribution in [1.29, 1.82) is 0 Å². The highest BCUT2D eigenvalue weighted by Crippen LogP contribution is 2.26. The van der Waals surface area contributed by atoms with Gasteiger partial charge in [-0.25, -0.2) is 4.39 Å². The van der Waals surface area contributed by atoms with E-state index in [-0.39, 0.29) is 12.0 Å². The molecule has 8 heteroatoms. The number of hydrogen-bond donors (Lipinski definition) is 2. The number of benzene rings is 1. The van der Waals surface area contributed by atoms with Crippen LogP contribution in [0.3, 0.4) is 0 Å². The van der Waals surface area contributed by atoms with E-state index in [0.717, 1.165) is 18.2 Å². The number of ether oxygens (including phenoxy) is 1. The van der Waals surface area contributed by atoms with Crippen molar-refractivity contribution in [3.05, 3.63) is 29.6 Å². The second kappa shape index (κ2) is 5.21. The molecule has 1 aromatic rings. The first-order valence-corrected chi connectivity index (χ1v) is 4.71. The minimum atomic E-state index is -5.02. The van der Waals surface area contributed by atoms with Gasteiger partial charge < -0.3 is 15.6 Å². The standard InChI is InChI=1S/C10H9F4NO3/c11-6-2-1-5(3-7(15)9(16)17)4-8(6)18-10(12,13)14/h1-2,4,7H,3,15H2,(H,16,17). The second-order valence-corrected chi connectivity index (χ2v) is 3.46. The number of alkyl halides is 3. The molecule has 1 aromatic carbocycles. The summed E-state index contributed by atoms with van der Waals surface area (Å²) in [6.45, 7) is 0. The predicted octanol–water partition coefficient (Wildman–Crippen LogP) is 1.68. The van der Waals surface area contributed by atoms with Crippen LogP contribution < -0.4 is 10.5 Å². The molecule has 1 rings (SSSR count). The molecule has 0 bridgehead atoms. The van der Waals surface area contributed by atoms with Gasteiger partial charge in [-0.3, -0.25) is 4.79 Å². The lowest BCUT2D eigenvalue weighted by Gasteiger charge is -2.12. The zero-order valence-electron chi connectivity index (χ0n) is 8.87. The normalized spacial score (nSPS) is 13.2. The molecule has 0 radical (unpaired) electrons. The Balaban J connectivity index is 2.90. The highest BCUT2D eigenvalue weighted by atomic mass is 19.4. The number of carboxylic acids is 1. The topological polar surface area (TPSA) is 72.5 Å². The third-order valence-electron chi connectivity index (χ3n) is 1.99. The fourth-order valence-electron chi connectivity index (χ4n) is 1.22. The number of aliphatic carboxylic acids is 1. The van der Waals surface area contributed by atoms with Crippen LogP contribution in [-0.4, -0.2) is 23.5 Å². The summed E-state index contributed by atoms with van der Waals surface area (Å²) in [5.41, 5.74) is 5.34. The summed E-state index contributed by atoms with van der Waals surface area (Å²) in [4.78, 5) is 10.5. The maximum Gasteiger partial charge on any atom is 0.573 e. The van der Waals surface area contributed by atoms with Crippen LogP contribution in [0.2, 0.25) is 0 Å². The Hall–Kier alpha value is -1.83. The van der Waals surface area contributed by atoms with E-state index in [0.29, 0.717) is 0 Å². The molecule has 1 unspecified atom stereocenters. The van der Waals surface area contributed by atoms with Crippen LogP contribution in [0, 0.1) is 5.82 Å². The van der Waals surface area contributed by atoms with Gasteiger partial charge in [-0.15, -0.1) is 13.2 Å². The van der Waals surface area contributed by atoms with E-state index in [1.807, 2.05) is 0 Å². The van der Waals surface area contributed by atoms with E-state index >= 15 is 0 Å².